The van der Waals surface area contributed by atoms with Crippen LogP contribution in [-0.4, -0.2) is 19.9 Å². The number of para-hydroxylation sites is 8. The quantitative estimate of drug-likeness (QED) is 0.0685. The largest absolute Gasteiger partial charge is 0.311 e. The normalized spacial score (nSPS) is 11.4. The number of hydrogen-bond donors (Lipinski definition) is 0. The smallest absolute Gasteiger partial charge is 0.162 e. The molecule has 0 N–H and O–H groups in total. The topological polar surface area (TPSA) is 112 Å². The third kappa shape index (κ3) is 13.0. The molecule has 0 fully saturated rings. The lowest BCUT2D eigenvalue weighted by Crippen LogP contribution is -2.09. The SMILES string of the molecule is Cc1cc2nc3c4cccc5c(-c6ccc(N(c7ccccc7)c7ccccc7)cc6)c(-c6ccc(N(c7ccccc7)c7ccccc7)cc6)c6cccc(c3nc2cc1C#N)c6c54.Cc1nc2c3cccc4c(-c5ccc(N(c6ccccc6)c6ccccc6)cc5)c(-c5ccc(N(c6ccccc6)c6ccccc6)cc5)c5cccc(c2nc1C#N)c5c43. The Morgan fingerprint density at radius 2 is 0.421 bits per heavy atom. The van der Waals surface area contributed by atoms with Gasteiger partial charge in [-0.15, -0.1) is 0 Å². The van der Waals surface area contributed by atoms with E-state index in [1.807, 2.05) is 26.0 Å². The molecule has 0 spiro atoms. The van der Waals surface area contributed by atoms with Gasteiger partial charge < -0.3 is 19.6 Å². The summed E-state index contributed by atoms with van der Waals surface area (Å²) in [5.41, 5.74) is 29.2. The van der Waals surface area contributed by atoms with Crippen LogP contribution in [0.1, 0.15) is 22.5 Å². The van der Waals surface area contributed by atoms with E-state index in [9.17, 15) is 10.5 Å². The maximum Gasteiger partial charge on any atom is 0.162 e. The van der Waals surface area contributed by atoms with Crippen LogP contribution in [0, 0.1) is 36.5 Å². The molecule has 21 aromatic carbocycles. The zero-order valence-corrected chi connectivity index (χ0v) is 68.9. The van der Waals surface area contributed by atoms with Gasteiger partial charge in [-0.05, 0) is 243 Å². The van der Waals surface area contributed by atoms with Crippen molar-refractivity contribution < 1.29 is 0 Å². The van der Waals surface area contributed by atoms with E-state index in [-0.39, 0.29) is 0 Å². The minimum atomic E-state index is 0.348. The van der Waals surface area contributed by atoms with Crippen LogP contribution in [0.3, 0.4) is 0 Å². The molecule has 23 rings (SSSR count). The Kier molecular flexibility index (Phi) is 18.9. The predicted octanol–water partition coefficient (Wildman–Crippen LogP) is 31.1. The molecule has 0 saturated heterocycles. The van der Waals surface area contributed by atoms with E-state index in [0.29, 0.717) is 22.5 Å². The number of nitrogens with zero attached hydrogens (tertiary/aromatic N) is 10. The highest BCUT2D eigenvalue weighted by Gasteiger charge is 2.29. The van der Waals surface area contributed by atoms with Crippen molar-refractivity contribution in [3.63, 3.8) is 0 Å². The van der Waals surface area contributed by atoms with Crippen LogP contribution >= 0.6 is 0 Å². The summed E-state index contributed by atoms with van der Waals surface area (Å²) in [6.45, 7) is 3.83. The molecule has 0 amide bonds. The number of aromatic nitrogens is 4. The van der Waals surface area contributed by atoms with Crippen LogP contribution in [-0.2, 0) is 0 Å². The van der Waals surface area contributed by atoms with Crippen molar-refractivity contribution in [2.24, 2.45) is 0 Å². The lowest BCUT2D eigenvalue weighted by molar-refractivity contribution is 1.16. The Bertz CT molecular complexity index is 7970. The Morgan fingerprint density at radius 3 is 0.659 bits per heavy atom. The Hall–Kier alpha value is -17.2. The minimum absolute atomic E-state index is 0.348. The van der Waals surface area contributed by atoms with E-state index >= 15 is 0 Å². The van der Waals surface area contributed by atoms with Gasteiger partial charge in [-0.25, -0.2) is 19.9 Å². The van der Waals surface area contributed by atoms with Crippen LogP contribution in [0.15, 0.2) is 425 Å². The summed E-state index contributed by atoms with van der Waals surface area (Å²) in [4.78, 5) is 29.8. The first-order chi connectivity index (χ1) is 62.3. The summed E-state index contributed by atoms with van der Waals surface area (Å²) < 4.78 is 0. The van der Waals surface area contributed by atoms with Crippen molar-refractivity contribution in [3.05, 3.63) is 447 Å². The fourth-order valence-corrected chi connectivity index (χ4v) is 18.9. The van der Waals surface area contributed by atoms with Crippen LogP contribution < -0.4 is 19.6 Å². The molecule has 0 aliphatic heterocycles. The first-order valence-corrected chi connectivity index (χ1v) is 42.4. The van der Waals surface area contributed by atoms with E-state index in [4.69, 9.17) is 19.9 Å². The van der Waals surface area contributed by atoms with Gasteiger partial charge in [0.2, 0.25) is 0 Å². The first-order valence-electron chi connectivity index (χ1n) is 42.4. The summed E-state index contributed by atoms with van der Waals surface area (Å²) in [6.07, 6.45) is 0. The van der Waals surface area contributed by atoms with Gasteiger partial charge in [-0.3, -0.25) is 0 Å². The lowest BCUT2D eigenvalue weighted by atomic mass is 9.82. The second-order valence-electron chi connectivity index (χ2n) is 31.8. The fraction of sp³-hybridized carbons (Fsp3) is 0.0172. The van der Waals surface area contributed by atoms with Crippen LogP contribution in [0.2, 0.25) is 0 Å². The zero-order chi connectivity index (χ0) is 84.3. The molecule has 0 bridgehead atoms. The molecule has 0 aliphatic carbocycles. The van der Waals surface area contributed by atoms with Gasteiger partial charge >= 0.3 is 0 Å². The molecule has 10 heteroatoms. The fourth-order valence-electron chi connectivity index (χ4n) is 18.9. The molecule has 23 aromatic rings. The molecule has 0 radical (unpaired) electrons. The van der Waals surface area contributed by atoms with Gasteiger partial charge in [0, 0.05) is 111 Å². The minimum Gasteiger partial charge on any atom is -0.311 e. The second-order valence-corrected chi connectivity index (χ2v) is 31.8. The molecule has 2 aromatic heterocycles. The lowest BCUT2D eigenvalue weighted by Gasteiger charge is -2.27. The van der Waals surface area contributed by atoms with Crippen molar-refractivity contribution in [2.45, 2.75) is 13.8 Å². The molecule has 10 nitrogen and oxygen atoms in total. The van der Waals surface area contributed by atoms with Gasteiger partial charge in [0.05, 0.1) is 50.4 Å². The van der Waals surface area contributed by atoms with Crippen LogP contribution in [0.25, 0.3) is 142 Å². The Morgan fingerprint density at radius 1 is 0.206 bits per heavy atom. The number of aryl methyl sites for hydroxylation is 2. The summed E-state index contributed by atoms with van der Waals surface area (Å²) in [5.74, 6) is 0. The van der Waals surface area contributed by atoms with E-state index < -0.39 is 0 Å². The molecule has 126 heavy (non-hydrogen) atoms. The second kappa shape index (κ2) is 31.8. The zero-order valence-electron chi connectivity index (χ0n) is 68.9. The molecule has 0 saturated carbocycles. The first kappa shape index (κ1) is 75.1. The van der Waals surface area contributed by atoms with Crippen molar-refractivity contribution in [3.8, 4) is 56.6 Å². The van der Waals surface area contributed by atoms with Crippen LogP contribution in [0.4, 0.5) is 68.2 Å². The maximum atomic E-state index is 10.0. The molecule has 2 heterocycles. The summed E-state index contributed by atoms with van der Waals surface area (Å²) >= 11 is 0. The van der Waals surface area contributed by atoms with Gasteiger partial charge in [0.25, 0.3) is 0 Å². The third-order valence-electron chi connectivity index (χ3n) is 24.4. The summed E-state index contributed by atoms with van der Waals surface area (Å²) in [6, 6.07) is 155. The highest BCUT2D eigenvalue weighted by Crippen LogP contribution is 2.54. The molecule has 590 valence electrons. The predicted molar refractivity (Wildman–Crippen MR) is 523 cm³/mol. The van der Waals surface area contributed by atoms with Crippen molar-refractivity contribution in [1.29, 1.82) is 10.5 Å². The molecule has 0 aliphatic rings. The van der Waals surface area contributed by atoms with Gasteiger partial charge in [-0.2, -0.15) is 10.5 Å². The highest BCUT2D eigenvalue weighted by atomic mass is 15.2. The number of rotatable bonds is 16. The number of anilines is 12. The van der Waals surface area contributed by atoms with Crippen LogP contribution in [0.5, 0.6) is 0 Å². The van der Waals surface area contributed by atoms with Gasteiger partial charge in [-0.1, -0.05) is 267 Å². The van der Waals surface area contributed by atoms with Gasteiger partial charge in [0.1, 0.15) is 6.07 Å². The molecular formula is C116H76N10. The number of benzene rings is 21. The maximum absolute atomic E-state index is 10.0. The summed E-state index contributed by atoms with van der Waals surface area (Å²) in [5, 5.41) is 33.2. The van der Waals surface area contributed by atoms with Gasteiger partial charge in [0.15, 0.2) is 5.69 Å². The van der Waals surface area contributed by atoms with E-state index in [1.54, 1.807) is 0 Å². The number of fused-ring (bicyclic) bond motifs is 7. The van der Waals surface area contributed by atoms with Crippen molar-refractivity contribution in [2.75, 3.05) is 19.6 Å². The standard InChI is InChI=1S/C60H39N5.C56H37N5/c1-39-36-53-54(37-42(39)38-61)63-60-52-27-15-25-50-56(41-30-34-48(35-31-41)65(45-20-10-4-11-21-45)46-22-12-5-13-23-46)55(49-24-14-26-51(59(60)62-53)57(49)58(50)52)40-28-32-47(33-29-40)64(43-16-6-2-7-17-43)44-18-8-3-9-19-44;1-37-50(36-57)59-56-49-27-15-25-47-52(39-30-34-45(35-31-39)61(42-20-10-4-11-21-42)43-22-12-5-13-23-43)51(46-24-14-26-48(55(56)58-37)53(46)54(47)49)38-28-32-44(33-29-38)60(40-16-6-2-7-17-40)41-18-8-3-9-19-41/h2-37H,1H3;2-35H,1H3. The number of hydrogen-bond acceptors (Lipinski definition) is 10. The summed E-state index contributed by atoms with van der Waals surface area (Å²) in [7, 11) is 0. The molecule has 0 unspecified atom stereocenters. The third-order valence-corrected chi connectivity index (χ3v) is 24.4. The van der Waals surface area contributed by atoms with E-state index in [0.717, 1.165) is 205 Å². The van der Waals surface area contributed by atoms with E-state index in [2.05, 4.69) is 444 Å². The monoisotopic (exact) mass is 1610 g/mol. The average molecular weight is 1610 g/mol. The van der Waals surface area contributed by atoms with Crippen molar-refractivity contribution >= 4 is 166 Å². The highest BCUT2D eigenvalue weighted by molar-refractivity contribution is 6.39. The average Bonchev–Trinajstić information content (AvgIpc) is 0.715. The van der Waals surface area contributed by atoms with E-state index in [1.165, 1.54) is 5.39 Å². The Balaban J connectivity index is 0.000000149. The molecule has 0 atom stereocenters. The molecular weight excluding hydrogens is 1530 g/mol. The Labute approximate surface area is 728 Å². The van der Waals surface area contributed by atoms with Crippen molar-refractivity contribution in [1.82, 2.24) is 19.9 Å². The number of nitriles is 2.